The van der Waals surface area contributed by atoms with E-state index in [1.807, 2.05) is 0 Å². The number of hydrogen-bond donors (Lipinski definition) is 0. The van der Waals surface area contributed by atoms with E-state index in [1.54, 1.807) is 0 Å². The van der Waals surface area contributed by atoms with Crippen LogP contribution in [-0.2, 0) is 14.3 Å². The molecule has 0 radical (unpaired) electrons. The van der Waals surface area contributed by atoms with Gasteiger partial charge in [0, 0.05) is 13.0 Å². The smallest absolute Gasteiger partial charge is 0.158 e. The topological polar surface area (TPSA) is 35.5 Å². The third-order valence-corrected chi connectivity index (χ3v) is 7.23. The molecule has 0 amide bonds. The van der Waals surface area contributed by atoms with Crippen molar-refractivity contribution < 1.29 is 14.3 Å². The van der Waals surface area contributed by atoms with Crippen LogP contribution in [-0.4, -0.2) is 24.8 Å². The number of allylic oxidation sites excluding steroid dienone is 2. The fourth-order valence-electron chi connectivity index (χ4n) is 5.79. The van der Waals surface area contributed by atoms with Crippen molar-refractivity contribution in [1.82, 2.24) is 0 Å². The summed E-state index contributed by atoms with van der Waals surface area (Å²) in [5.74, 6) is 1.72. The first-order chi connectivity index (χ1) is 11.1. The van der Waals surface area contributed by atoms with Gasteiger partial charge in [-0.05, 0) is 81.1 Å². The second-order valence-corrected chi connectivity index (χ2v) is 8.33. The molecule has 128 valence electrons. The first-order valence-electron chi connectivity index (χ1n) is 9.59. The maximum atomic E-state index is 12.0. The van der Waals surface area contributed by atoms with Crippen molar-refractivity contribution in [1.29, 1.82) is 0 Å². The predicted molar refractivity (Wildman–Crippen MR) is 89.0 cm³/mol. The molecule has 3 aliphatic carbocycles. The molecule has 3 heteroatoms. The molecule has 23 heavy (non-hydrogen) atoms. The maximum Gasteiger partial charge on any atom is 0.158 e. The second-order valence-electron chi connectivity index (χ2n) is 8.33. The quantitative estimate of drug-likeness (QED) is 0.757. The van der Waals surface area contributed by atoms with Crippen LogP contribution >= 0.6 is 0 Å². The zero-order valence-electron chi connectivity index (χ0n) is 14.6. The summed E-state index contributed by atoms with van der Waals surface area (Å²) >= 11 is 0. The van der Waals surface area contributed by atoms with E-state index in [0.29, 0.717) is 23.7 Å². The molecule has 3 unspecified atom stereocenters. The van der Waals surface area contributed by atoms with Crippen LogP contribution in [0.4, 0.5) is 0 Å². The lowest BCUT2D eigenvalue weighted by Gasteiger charge is -2.48. The molecule has 5 atom stereocenters. The van der Waals surface area contributed by atoms with Crippen LogP contribution in [0, 0.1) is 17.3 Å². The number of carbonyl (C=O) groups excluding carboxylic acids is 1. The zero-order chi connectivity index (χ0) is 16.0. The molecule has 4 rings (SSSR count). The van der Waals surface area contributed by atoms with Gasteiger partial charge in [-0.3, -0.25) is 4.79 Å². The van der Waals surface area contributed by atoms with Crippen LogP contribution < -0.4 is 0 Å². The van der Waals surface area contributed by atoms with E-state index < -0.39 is 0 Å². The molecular formula is C20H30O3. The van der Waals surface area contributed by atoms with Crippen molar-refractivity contribution in [3.05, 3.63) is 11.1 Å². The summed E-state index contributed by atoms with van der Waals surface area (Å²) in [5, 5.41) is 0. The Hall–Kier alpha value is -0.670. The van der Waals surface area contributed by atoms with Gasteiger partial charge in [-0.1, -0.05) is 12.5 Å². The van der Waals surface area contributed by atoms with Crippen LogP contribution in [0.3, 0.4) is 0 Å². The van der Waals surface area contributed by atoms with Gasteiger partial charge in [0.15, 0.2) is 12.1 Å². The largest absolute Gasteiger partial charge is 0.353 e. The molecule has 1 aliphatic heterocycles. The molecule has 0 spiro atoms. The van der Waals surface area contributed by atoms with Crippen molar-refractivity contribution >= 4 is 5.78 Å². The minimum atomic E-state index is 0.0240. The number of fused-ring (bicyclic) bond motifs is 3. The Labute approximate surface area is 139 Å². The fourth-order valence-corrected chi connectivity index (χ4v) is 5.79. The molecule has 3 fully saturated rings. The van der Waals surface area contributed by atoms with Crippen molar-refractivity contribution in [2.45, 2.75) is 84.0 Å². The summed E-state index contributed by atoms with van der Waals surface area (Å²) in [4.78, 5) is 12.0. The Morgan fingerprint density at radius 2 is 2.00 bits per heavy atom. The third kappa shape index (κ3) is 2.60. The Morgan fingerprint density at radius 3 is 2.78 bits per heavy atom. The molecular weight excluding hydrogens is 288 g/mol. The van der Waals surface area contributed by atoms with Gasteiger partial charge in [0.2, 0.25) is 0 Å². The van der Waals surface area contributed by atoms with Gasteiger partial charge >= 0.3 is 0 Å². The van der Waals surface area contributed by atoms with Crippen LogP contribution in [0.2, 0.25) is 0 Å². The van der Waals surface area contributed by atoms with Gasteiger partial charge in [-0.15, -0.1) is 0 Å². The van der Waals surface area contributed by atoms with Crippen LogP contribution in [0.15, 0.2) is 11.1 Å². The Kier molecular flexibility index (Phi) is 4.13. The summed E-state index contributed by atoms with van der Waals surface area (Å²) in [6.45, 7) is 5.36. The lowest BCUT2D eigenvalue weighted by Crippen LogP contribution is -2.44. The van der Waals surface area contributed by atoms with E-state index in [-0.39, 0.29) is 11.7 Å². The molecule has 0 N–H and O–H groups in total. The van der Waals surface area contributed by atoms with Gasteiger partial charge in [0.05, 0.1) is 6.10 Å². The molecule has 1 saturated heterocycles. The average Bonchev–Trinajstić information content (AvgIpc) is 2.89. The highest BCUT2D eigenvalue weighted by Gasteiger charge is 2.54. The average molecular weight is 318 g/mol. The number of hydrogen-bond acceptors (Lipinski definition) is 3. The number of carbonyl (C=O) groups is 1. The monoisotopic (exact) mass is 318 g/mol. The van der Waals surface area contributed by atoms with Gasteiger partial charge in [0.1, 0.15) is 0 Å². The van der Waals surface area contributed by atoms with E-state index in [0.717, 1.165) is 44.3 Å². The highest BCUT2D eigenvalue weighted by Crippen LogP contribution is 2.59. The standard InChI is InChI=1S/C20H30O3/c1-13-14-10-11-20(2)16(15(14)6-8-17(13)21)7-9-18(20)23-19-5-3-4-12-22-19/h15-16,18-19H,3-12H2,1-2H3/t15?,16?,18-,19?,20-/m1/s1. The van der Waals surface area contributed by atoms with Crippen molar-refractivity contribution in [2.24, 2.45) is 17.3 Å². The Morgan fingerprint density at radius 1 is 1.13 bits per heavy atom. The summed E-state index contributed by atoms with van der Waals surface area (Å²) in [6.07, 6.45) is 10.3. The molecule has 0 aromatic carbocycles. The number of ketones is 1. The SMILES string of the molecule is CC1=C2CC[C@]3(C)C(CC[C@H]3OC3CCCCO3)C2CCC1=O. The van der Waals surface area contributed by atoms with E-state index in [1.165, 1.54) is 31.3 Å². The molecule has 4 aliphatic rings. The zero-order valence-corrected chi connectivity index (χ0v) is 14.6. The second kappa shape index (κ2) is 6.00. The fraction of sp³-hybridized carbons (Fsp3) is 0.850. The Bertz CT molecular complexity index is 517. The minimum Gasteiger partial charge on any atom is -0.353 e. The third-order valence-electron chi connectivity index (χ3n) is 7.23. The molecule has 0 aromatic rings. The predicted octanol–water partition coefficient (Wildman–Crippen LogP) is 4.40. The number of ether oxygens (including phenoxy) is 2. The van der Waals surface area contributed by atoms with Gasteiger partial charge < -0.3 is 9.47 Å². The lowest BCUT2D eigenvalue weighted by atomic mass is 9.58. The van der Waals surface area contributed by atoms with E-state index in [9.17, 15) is 4.79 Å². The van der Waals surface area contributed by atoms with E-state index in [4.69, 9.17) is 9.47 Å². The first-order valence-corrected chi connectivity index (χ1v) is 9.59. The highest BCUT2D eigenvalue weighted by molar-refractivity contribution is 5.96. The summed E-state index contributed by atoms with van der Waals surface area (Å²) in [6, 6.07) is 0. The summed E-state index contributed by atoms with van der Waals surface area (Å²) in [5.41, 5.74) is 2.84. The van der Waals surface area contributed by atoms with Crippen molar-refractivity contribution in [3.8, 4) is 0 Å². The Balaban J connectivity index is 1.52. The lowest BCUT2D eigenvalue weighted by molar-refractivity contribution is -0.211. The number of Topliss-reactive ketones (excluding diaryl/α,β-unsaturated/α-hetero) is 1. The van der Waals surface area contributed by atoms with E-state index >= 15 is 0 Å². The molecule has 0 aromatic heterocycles. The van der Waals surface area contributed by atoms with Crippen LogP contribution in [0.5, 0.6) is 0 Å². The van der Waals surface area contributed by atoms with Crippen molar-refractivity contribution in [2.75, 3.05) is 6.61 Å². The number of rotatable bonds is 2. The molecule has 0 bridgehead atoms. The summed E-state index contributed by atoms with van der Waals surface area (Å²) < 4.78 is 12.3. The van der Waals surface area contributed by atoms with Crippen LogP contribution in [0.1, 0.15) is 71.6 Å². The van der Waals surface area contributed by atoms with Gasteiger partial charge in [-0.2, -0.15) is 0 Å². The van der Waals surface area contributed by atoms with Crippen molar-refractivity contribution in [3.63, 3.8) is 0 Å². The van der Waals surface area contributed by atoms with Crippen LogP contribution in [0.25, 0.3) is 0 Å². The molecule has 2 saturated carbocycles. The first kappa shape index (κ1) is 15.8. The highest BCUT2D eigenvalue weighted by atomic mass is 16.7. The molecule has 3 nitrogen and oxygen atoms in total. The minimum absolute atomic E-state index is 0.0240. The van der Waals surface area contributed by atoms with Gasteiger partial charge in [-0.25, -0.2) is 0 Å². The normalized spacial score (nSPS) is 44.2. The molecule has 1 heterocycles. The summed E-state index contributed by atoms with van der Waals surface area (Å²) in [7, 11) is 0. The maximum absolute atomic E-state index is 12.0. The van der Waals surface area contributed by atoms with E-state index in [2.05, 4.69) is 13.8 Å². The van der Waals surface area contributed by atoms with Gasteiger partial charge in [0.25, 0.3) is 0 Å².